The van der Waals surface area contributed by atoms with Crippen molar-refractivity contribution in [3.63, 3.8) is 0 Å². The van der Waals surface area contributed by atoms with Crippen molar-refractivity contribution < 1.29 is 9.59 Å². The Morgan fingerprint density at radius 1 is 1.00 bits per heavy atom. The van der Waals surface area contributed by atoms with Crippen LogP contribution in [0.15, 0.2) is 48.7 Å². The lowest BCUT2D eigenvalue weighted by atomic mass is 10.1. The monoisotopic (exact) mass is 388 g/mol. The molecule has 2 N–H and O–H groups in total. The Labute approximate surface area is 169 Å². The molecule has 0 bridgehead atoms. The fourth-order valence-electron chi connectivity index (χ4n) is 3.26. The van der Waals surface area contributed by atoms with Crippen LogP contribution in [0.5, 0.6) is 0 Å². The van der Waals surface area contributed by atoms with Gasteiger partial charge < -0.3 is 10.6 Å². The fourth-order valence-corrected chi connectivity index (χ4v) is 3.26. The lowest BCUT2D eigenvalue weighted by molar-refractivity contribution is 0.0949. The Bertz CT molecular complexity index is 1100. The molecule has 6 heteroatoms. The van der Waals surface area contributed by atoms with Crippen LogP contribution in [0.3, 0.4) is 0 Å². The molecule has 1 heterocycles. The number of anilines is 1. The molecule has 0 spiro atoms. The Balaban J connectivity index is 1.57. The third kappa shape index (κ3) is 3.92. The molecule has 0 unspecified atom stereocenters. The van der Waals surface area contributed by atoms with Crippen LogP contribution >= 0.6 is 0 Å². The Kier molecular flexibility index (Phi) is 4.92. The average molecular weight is 388 g/mol. The van der Waals surface area contributed by atoms with Crippen molar-refractivity contribution in [1.29, 1.82) is 0 Å². The minimum atomic E-state index is -0.245. The quantitative estimate of drug-likeness (QED) is 0.695. The van der Waals surface area contributed by atoms with E-state index in [1.165, 1.54) is 0 Å². The van der Waals surface area contributed by atoms with Gasteiger partial charge in [0.05, 0.1) is 23.1 Å². The van der Waals surface area contributed by atoms with Gasteiger partial charge in [0.1, 0.15) is 0 Å². The molecule has 2 amide bonds. The zero-order valence-electron chi connectivity index (χ0n) is 16.8. The second-order valence-corrected chi connectivity index (χ2v) is 7.57. The summed E-state index contributed by atoms with van der Waals surface area (Å²) in [7, 11) is 0. The third-order valence-electron chi connectivity index (χ3n) is 5.26. The molecule has 29 heavy (non-hydrogen) atoms. The minimum Gasteiger partial charge on any atom is -0.349 e. The van der Waals surface area contributed by atoms with E-state index in [0.717, 1.165) is 35.3 Å². The predicted octanol–water partition coefficient (Wildman–Crippen LogP) is 3.94. The van der Waals surface area contributed by atoms with E-state index in [1.54, 1.807) is 23.0 Å². The van der Waals surface area contributed by atoms with Crippen LogP contribution in [0.1, 0.15) is 50.4 Å². The Hall–Kier alpha value is -3.41. The van der Waals surface area contributed by atoms with Crippen LogP contribution in [-0.2, 0) is 0 Å². The van der Waals surface area contributed by atoms with Crippen molar-refractivity contribution in [3.05, 3.63) is 76.6 Å². The van der Waals surface area contributed by atoms with E-state index in [1.807, 2.05) is 51.1 Å². The van der Waals surface area contributed by atoms with E-state index in [-0.39, 0.29) is 17.9 Å². The van der Waals surface area contributed by atoms with Gasteiger partial charge in [-0.1, -0.05) is 24.3 Å². The first-order valence-corrected chi connectivity index (χ1v) is 9.77. The number of nitrogens with zero attached hydrogens (tertiary/aromatic N) is 2. The largest absolute Gasteiger partial charge is 0.349 e. The maximum absolute atomic E-state index is 12.9. The highest BCUT2D eigenvalue weighted by molar-refractivity contribution is 6.06. The lowest BCUT2D eigenvalue weighted by Gasteiger charge is -2.11. The summed E-state index contributed by atoms with van der Waals surface area (Å²) >= 11 is 0. The van der Waals surface area contributed by atoms with Gasteiger partial charge in [-0.15, -0.1) is 0 Å². The first-order chi connectivity index (χ1) is 13.9. The number of benzene rings is 2. The van der Waals surface area contributed by atoms with Crippen molar-refractivity contribution >= 4 is 17.5 Å². The highest BCUT2D eigenvalue weighted by Crippen LogP contribution is 2.23. The van der Waals surface area contributed by atoms with Crippen molar-refractivity contribution in [2.24, 2.45) is 0 Å². The summed E-state index contributed by atoms with van der Waals surface area (Å²) in [6.45, 7) is 5.79. The smallest absolute Gasteiger partial charge is 0.259 e. The summed E-state index contributed by atoms with van der Waals surface area (Å²) < 4.78 is 1.77. The molecule has 148 valence electrons. The van der Waals surface area contributed by atoms with Gasteiger partial charge in [0.15, 0.2) is 0 Å². The number of rotatable bonds is 5. The number of hydrogen-bond donors (Lipinski definition) is 2. The summed E-state index contributed by atoms with van der Waals surface area (Å²) in [5.41, 5.74) is 5.35. The molecule has 0 aliphatic heterocycles. The van der Waals surface area contributed by atoms with Crippen molar-refractivity contribution in [2.45, 2.75) is 39.7 Å². The lowest BCUT2D eigenvalue weighted by Crippen LogP contribution is -2.25. The number of amides is 2. The van der Waals surface area contributed by atoms with Gasteiger partial charge in [-0.2, -0.15) is 5.10 Å². The van der Waals surface area contributed by atoms with Gasteiger partial charge in [0.25, 0.3) is 11.8 Å². The fraction of sp³-hybridized carbons (Fsp3) is 0.261. The maximum atomic E-state index is 12.9. The molecular formula is C23H24N4O2. The number of aromatic nitrogens is 2. The summed E-state index contributed by atoms with van der Waals surface area (Å²) in [5.74, 6) is -0.350. The summed E-state index contributed by atoms with van der Waals surface area (Å²) in [6.07, 6.45) is 3.65. The zero-order valence-corrected chi connectivity index (χ0v) is 16.8. The van der Waals surface area contributed by atoms with Crippen LogP contribution in [0, 0.1) is 20.8 Å². The van der Waals surface area contributed by atoms with Gasteiger partial charge in [0.2, 0.25) is 0 Å². The van der Waals surface area contributed by atoms with Gasteiger partial charge in [-0.3, -0.25) is 9.59 Å². The van der Waals surface area contributed by atoms with Crippen molar-refractivity contribution in [2.75, 3.05) is 5.32 Å². The Morgan fingerprint density at radius 2 is 1.76 bits per heavy atom. The van der Waals surface area contributed by atoms with Crippen LogP contribution in [0.2, 0.25) is 0 Å². The molecule has 1 aromatic heterocycles. The summed E-state index contributed by atoms with van der Waals surface area (Å²) in [5, 5.41) is 10.3. The summed E-state index contributed by atoms with van der Waals surface area (Å²) in [4.78, 5) is 25.2. The molecule has 2 aromatic carbocycles. The van der Waals surface area contributed by atoms with E-state index in [4.69, 9.17) is 0 Å². The summed E-state index contributed by atoms with van der Waals surface area (Å²) in [6, 6.07) is 13.6. The third-order valence-corrected chi connectivity index (χ3v) is 5.26. The minimum absolute atomic E-state index is 0.105. The highest BCUT2D eigenvalue weighted by Gasteiger charge is 2.24. The van der Waals surface area contributed by atoms with E-state index in [2.05, 4.69) is 15.7 Å². The van der Waals surface area contributed by atoms with Gasteiger partial charge >= 0.3 is 0 Å². The second kappa shape index (κ2) is 7.54. The van der Waals surface area contributed by atoms with E-state index in [0.29, 0.717) is 16.8 Å². The van der Waals surface area contributed by atoms with Crippen LogP contribution in [0.4, 0.5) is 5.69 Å². The van der Waals surface area contributed by atoms with Gasteiger partial charge in [0, 0.05) is 17.3 Å². The first-order valence-electron chi connectivity index (χ1n) is 9.77. The molecule has 6 nitrogen and oxygen atoms in total. The standard InChI is InChI=1S/C23H24N4O2/c1-14-8-9-17(22(28)25-18-10-11-18)12-20(14)26-23(29)19-13-24-27(16(19)3)21-7-5-4-6-15(21)2/h4-9,12-13,18H,10-11H2,1-3H3,(H,25,28)(H,26,29). The zero-order chi connectivity index (χ0) is 20.5. The average Bonchev–Trinajstić information content (AvgIpc) is 3.43. The van der Waals surface area contributed by atoms with E-state index >= 15 is 0 Å². The number of para-hydroxylation sites is 1. The molecule has 1 saturated carbocycles. The van der Waals surface area contributed by atoms with Gasteiger partial charge in [-0.25, -0.2) is 4.68 Å². The highest BCUT2D eigenvalue weighted by atomic mass is 16.2. The van der Waals surface area contributed by atoms with Crippen LogP contribution in [0.25, 0.3) is 5.69 Å². The predicted molar refractivity (Wildman–Crippen MR) is 113 cm³/mol. The van der Waals surface area contributed by atoms with Crippen molar-refractivity contribution in [1.82, 2.24) is 15.1 Å². The molecule has 1 aliphatic carbocycles. The van der Waals surface area contributed by atoms with Crippen LogP contribution in [-0.4, -0.2) is 27.6 Å². The Morgan fingerprint density at radius 3 is 2.48 bits per heavy atom. The molecule has 1 aliphatic rings. The molecule has 4 rings (SSSR count). The maximum Gasteiger partial charge on any atom is 0.259 e. The molecule has 3 aromatic rings. The van der Waals surface area contributed by atoms with E-state index < -0.39 is 0 Å². The molecule has 0 saturated heterocycles. The van der Waals surface area contributed by atoms with Crippen molar-refractivity contribution in [3.8, 4) is 5.69 Å². The molecule has 1 fully saturated rings. The second-order valence-electron chi connectivity index (χ2n) is 7.57. The number of carbonyl (C=O) groups is 2. The topological polar surface area (TPSA) is 76.0 Å². The van der Waals surface area contributed by atoms with Crippen LogP contribution < -0.4 is 10.6 Å². The molecule has 0 radical (unpaired) electrons. The number of carbonyl (C=O) groups excluding carboxylic acids is 2. The van der Waals surface area contributed by atoms with Gasteiger partial charge in [-0.05, 0) is 62.9 Å². The molecular weight excluding hydrogens is 364 g/mol. The normalized spacial score (nSPS) is 13.2. The SMILES string of the molecule is Cc1ccc(C(=O)NC2CC2)cc1NC(=O)c1cnn(-c2ccccc2C)c1C. The number of nitrogens with one attached hydrogen (secondary N) is 2. The number of aryl methyl sites for hydroxylation is 2. The number of hydrogen-bond acceptors (Lipinski definition) is 3. The van der Waals surface area contributed by atoms with E-state index in [9.17, 15) is 9.59 Å². The molecule has 0 atom stereocenters. The first kappa shape index (κ1) is 18.9.